The molecular weight excluding hydrogens is 262 g/mol. The van der Waals surface area contributed by atoms with Crippen molar-refractivity contribution in [3.05, 3.63) is 30.1 Å². The largest absolute Gasteiger partial charge is 0.342 e. The second-order valence-corrected chi connectivity index (χ2v) is 6.36. The lowest BCUT2D eigenvalue weighted by molar-refractivity contribution is -0.134. The van der Waals surface area contributed by atoms with Gasteiger partial charge in [0.2, 0.25) is 5.91 Å². The maximum atomic E-state index is 12.2. The first-order valence-corrected chi connectivity index (χ1v) is 8.19. The summed E-state index contributed by atoms with van der Waals surface area (Å²) in [5, 5.41) is 3.68. The highest BCUT2D eigenvalue weighted by Crippen LogP contribution is 2.33. The summed E-state index contributed by atoms with van der Waals surface area (Å²) < 4.78 is 0. The Hall–Kier alpha value is -1.42. The first-order valence-electron chi connectivity index (χ1n) is 8.19. The quantitative estimate of drug-likeness (QED) is 0.903. The molecule has 0 aromatic carbocycles. The number of rotatable bonds is 5. The Bertz CT molecular complexity index is 472. The molecule has 0 radical (unpaired) electrons. The minimum Gasteiger partial charge on any atom is -0.342 e. The first kappa shape index (κ1) is 14.5. The molecule has 2 heterocycles. The fraction of sp³-hybridized carbons (Fsp3) is 0.647. The highest BCUT2D eigenvalue weighted by Gasteiger charge is 2.37. The van der Waals surface area contributed by atoms with E-state index in [2.05, 4.69) is 34.3 Å². The van der Waals surface area contributed by atoms with Crippen LogP contribution < -0.4 is 5.32 Å². The van der Waals surface area contributed by atoms with E-state index in [4.69, 9.17) is 0 Å². The van der Waals surface area contributed by atoms with E-state index < -0.39 is 0 Å². The lowest BCUT2D eigenvalue weighted by Gasteiger charge is -2.39. The number of hydrogen-bond acceptors (Lipinski definition) is 3. The molecule has 1 aliphatic heterocycles. The van der Waals surface area contributed by atoms with Gasteiger partial charge in [-0.3, -0.25) is 9.78 Å². The SMILES string of the molecule is CC[C@@H]1CN(C(=O)C2CC2)CC[C@@H]1NCc1ccncc1. The third-order valence-corrected chi connectivity index (χ3v) is 4.81. The van der Waals surface area contributed by atoms with Crippen LogP contribution >= 0.6 is 0 Å². The molecular formula is C17H25N3O. The molecule has 114 valence electrons. The number of amides is 1. The van der Waals surface area contributed by atoms with Gasteiger partial charge in [-0.05, 0) is 42.9 Å². The molecule has 1 aromatic rings. The van der Waals surface area contributed by atoms with Crippen LogP contribution in [0.1, 0.15) is 38.2 Å². The van der Waals surface area contributed by atoms with Gasteiger partial charge in [-0.1, -0.05) is 13.3 Å². The number of nitrogens with zero attached hydrogens (tertiary/aromatic N) is 2. The van der Waals surface area contributed by atoms with E-state index in [1.165, 1.54) is 5.56 Å². The molecule has 3 rings (SSSR count). The molecule has 2 atom stereocenters. The van der Waals surface area contributed by atoms with Crippen molar-refractivity contribution in [2.24, 2.45) is 11.8 Å². The van der Waals surface area contributed by atoms with Crippen molar-refractivity contribution in [3.63, 3.8) is 0 Å². The smallest absolute Gasteiger partial charge is 0.225 e. The average molecular weight is 287 g/mol. The van der Waals surface area contributed by atoms with Crippen molar-refractivity contribution in [1.82, 2.24) is 15.2 Å². The molecule has 4 heteroatoms. The summed E-state index contributed by atoms with van der Waals surface area (Å²) in [5.74, 6) is 1.33. The molecule has 2 fully saturated rings. The monoisotopic (exact) mass is 287 g/mol. The fourth-order valence-electron chi connectivity index (χ4n) is 3.25. The van der Waals surface area contributed by atoms with Gasteiger partial charge in [-0.15, -0.1) is 0 Å². The van der Waals surface area contributed by atoms with Crippen LogP contribution in [0, 0.1) is 11.8 Å². The van der Waals surface area contributed by atoms with Gasteiger partial charge < -0.3 is 10.2 Å². The van der Waals surface area contributed by atoms with Crippen molar-refractivity contribution in [3.8, 4) is 0 Å². The number of carbonyl (C=O) groups excluding carboxylic acids is 1. The number of aromatic nitrogens is 1. The van der Waals surface area contributed by atoms with Gasteiger partial charge in [0, 0.05) is 44.0 Å². The Morgan fingerprint density at radius 1 is 1.33 bits per heavy atom. The topological polar surface area (TPSA) is 45.2 Å². The summed E-state index contributed by atoms with van der Waals surface area (Å²) in [7, 11) is 0. The first-order chi connectivity index (χ1) is 10.3. The Morgan fingerprint density at radius 3 is 2.76 bits per heavy atom. The Kier molecular flexibility index (Phi) is 4.54. The van der Waals surface area contributed by atoms with Crippen molar-refractivity contribution >= 4 is 5.91 Å². The molecule has 1 aromatic heterocycles. The third kappa shape index (κ3) is 3.62. The summed E-state index contributed by atoms with van der Waals surface area (Å²) in [4.78, 5) is 18.4. The van der Waals surface area contributed by atoms with Crippen LogP contribution in [0.25, 0.3) is 0 Å². The fourth-order valence-corrected chi connectivity index (χ4v) is 3.25. The van der Waals surface area contributed by atoms with Crippen molar-refractivity contribution < 1.29 is 4.79 Å². The number of likely N-dealkylation sites (tertiary alicyclic amines) is 1. The van der Waals surface area contributed by atoms with Crippen LogP contribution in [-0.4, -0.2) is 34.9 Å². The number of carbonyl (C=O) groups is 1. The van der Waals surface area contributed by atoms with Gasteiger partial charge in [0.05, 0.1) is 0 Å². The van der Waals surface area contributed by atoms with E-state index in [1.54, 1.807) is 0 Å². The normalized spacial score (nSPS) is 25.9. The number of nitrogens with one attached hydrogen (secondary N) is 1. The van der Waals surface area contributed by atoms with E-state index in [-0.39, 0.29) is 0 Å². The van der Waals surface area contributed by atoms with E-state index in [9.17, 15) is 4.79 Å². The summed E-state index contributed by atoms with van der Waals surface area (Å²) in [5.41, 5.74) is 1.27. The van der Waals surface area contributed by atoms with Crippen molar-refractivity contribution in [2.45, 2.75) is 45.2 Å². The standard InChI is InChI=1S/C17H25N3O/c1-2-14-12-20(17(21)15-3-4-15)10-7-16(14)19-11-13-5-8-18-9-6-13/h5-6,8-9,14-16,19H,2-4,7,10-12H2,1H3/t14-,16+/m1/s1. The molecule has 0 bridgehead atoms. The molecule has 0 spiro atoms. The van der Waals surface area contributed by atoms with Crippen LogP contribution in [0.15, 0.2) is 24.5 Å². The molecule has 1 saturated carbocycles. The molecule has 4 nitrogen and oxygen atoms in total. The van der Waals surface area contributed by atoms with Gasteiger partial charge in [-0.25, -0.2) is 0 Å². The van der Waals surface area contributed by atoms with Gasteiger partial charge >= 0.3 is 0 Å². The van der Waals surface area contributed by atoms with Crippen LogP contribution in [0.5, 0.6) is 0 Å². The lowest BCUT2D eigenvalue weighted by atomic mass is 9.89. The molecule has 1 aliphatic carbocycles. The highest BCUT2D eigenvalue weighted by molar-refractivity contribution is 5.81. The van der Waals surface area contributed by atoms with Crippen LogP contribution in [-0.2, 0) is 11.3 Å². The van der Waals surface area contributed by atoms with Crippen LogP contribution in [0.2, 0.25) is 0 Å². The maximum Gasteiger partial charge on any atom is 0.225 e. The predicted octanol–water partition coefficient (Wildman–Crippen LogP) is 2.21. The number of hydrogen-bond donors (Lipinski definition) is 1. The van der Waals surface area contributed by atoms with Gasteiger partial charge in [0.15, 0.2) is 0 Å². The lowest BCUT2D eigenvalue weighted by Crippen LogP contribution is -2.51. The van der Waals surface area contributed by atoms with Crippen molar-refractivity contribution in [2.75, 3.05) is 13.1 Å². The zero-order valence-electron chi connectivity index (χ0n) is 12.8. The summed E-state index contributed by atoms with van der Waals surface area (Å²) >= 11 is 0. The van der Waals surface area contributed by atoms with E-state index in [1.807, 2.05) is 12.4 Å². The van der Waals surface area contributed by atoms with E-state index >= 15 is 0 Å². The van der Waals surface area contributed by atoms with E-state index in [0.29, 0.717) is 23.8 Å². The van der Waals surface area contributed by atoms with E-state index in [0.717, 1.165) is 45.3 Å². The van der Waals surface area contributed by atoms with Crippen LogP contribution in [0.3, 0.4) is 0 Å². The zero-order chi connectivity index (χ0) is 14.7. The predicted molar refractivity (Wildman–Crippen MR) is 82.6 cm³/mol. The minimum atomic E-state index is 0.351. The summed E-state index contributed by atoms with van der Waals surface area (Å²) in [6.07, 6.45) is 8.09. The Morgan fingerprint density at radius 2 is 2.10 bits per heavy atom. The molecule has 1 amide bonds. The number of pyridine rings is 1. The Labute approximate surface area is 126 Å². The van der Waals surface area contributed by atoms with Gasteiger partial charge in [0.1, 0.15) is 0 Å². The van der Waals surface area contributed by atoms with Gasteiger partial charge in [-0.2, -0.15) is 0 Å². The Balaban J connectivity index is 1.53. The van der Waals surface area contributed by atoms with Crippen LogP contribution in [0.4, 0.5) is 0 Å². The molecule has 1 saturated heterocycles. The zero-order valence-corrected chi connectivity index (χ0v) is 12.8. The molecule has 2 aliphatic rings. The third-order valence-electron chi connectivity index (χ3n) is 4.81. The minimum absolute atomic E-state index is 0.351. The molecule has 1 N–H and O–H groups in total. The van der Waals surface area contributed by atoms with Crippen molar-refractivity contribution in [1.29, 1.82) is 0 Å². The average Bonchev–Trinajstić information content (AvgIpc) is 3.38. The van der Waals surface area contributed by atoms with Gasteiger partial charge in [0.25, 0.3) is 0 Å². The molecule has 0 unspecified atom stereocenters. The number of piperidine rings is 1. The summed E-state index contributed by atoms with van der Waals surface area (Å²) in [6, 6.07) is 4.63. The summed E-state index contributed by atoms with van der Waals surface area (Å²) in [6.45, 7) is 4.97. The molecule has 21 heavy (non-hydrogen) atoms. The second-order valence-electron chi connectivity index (χ2n) is 6.36. The maximum absolute atomic E-state index is 12.2. The highest BCUT2D eigenvalue weighted by atomic mass is 16.2. The second kappa shape index (κ2) is 6.56.